The summed E-state index contributed by atoms with van der Waals surface area (Å²) in [5, 5.41) is 5.11. The van der Waals surface area contributed by atoms with Crippen LogP contribution in [0.5, 0.6) is 0 Å². The molecule has 3 amide bonds. The molecule has 0 radical (unpaired) electrons. The Morgan fingerprint density at radius 1 is 1.33 bits per heavy atom. The predicted octanol–water partition coefficient (Wildman–Crippen LogP) is 0.0939. The van der Waals surface area contributed by atoms with Gasteiger partial charge in [0.05, 0.1) is 6.54 Å². The quantitative estimate of drug-likeness (QED) is 0.767. The second-order valence-corrected chi connectivity index (χ2v) is 6.32. The van der Waals surface area contributed by atoms with E-state index >= 15 is 0 Å². The molecule has 24 heavy (non-hydrogen) atoms. The Labute approximate surface area is 140 Å². The Bertz CT molecular complexity index is 638. The fraction of sp³-hybridized carbons (Fsp3) is 0.625. The number of carbonyl (C=O) groups is 3. The Morgan fingerprint density at radius 3 is 2.83 bits per heavy atom. The van der Waals surface area contributed by atoms with Crippen molar-refractivity contribution in [2.75, 3.05) is 20.1 Å². The number of rotatable bonds is 6. The summed E-state index contributed by atoms with van der Waals surface area (Å²) in [5.41, 5.74) is 0.183. The molecule has 130 valence electrons. The standard InChI is InChI=1S/C16H22N4O4/c1-17-16(23)12-3-2-6-20(12)14(21)8-18-15(22)11-9-24-13(19-11)7-10-4-5-10/h9-10,12H,2-8H2,1H3,(H,17,23)(H,18,22). The van der Waals surface area contributed by atoms with E-state index in [0.29, 0.717) is 24.8 Å². The summed E-state index contributed by atoms with van der Waals surface area (Å²) in [5.74, 6) is 0.306. The highest BCUT2D eigenvalue weighted by atomic mass is 16.3. The van der Waals surface area contributed by atoms with Gasteiger partial charge in [0.15, 0.2) is 11.6 Å². The van der Waals surface area contributed by atoms with E-state index in [0.717, 1.165) is 12.8 Å². The summed E-state index contributed by atoms with van der Waals surface area (Å²) in [7, 11) is 1.55. The molecule has 1 aromatic rings. The zero-order valence-corrected chi connectivity index (χ0v) is 13.7. The number of likely N-dealkylation sites (N-methyl/N-ethyl adjacent to an activating group) is 1. The Kier molecular flexibility index (Phi) is 4.82. The zero-order valence-electron chi connectivity index (χ0n) is 13.7. The number of hydrogen-bond donors (Lipinski definition) is 2. The molecule has 8 nitrogen and oxygen atoms in total. The van der Waals surface area contributed by atoms with Crippen molar-refractivity contribution in [2.45, 2.75) is 38.1 Å². The van der Waals surface area contributed by atoms with Gasteiger partial charge in [-0.05, 0) is 31.6 Å². The first-order valence-corrected chi connectivity index (χ1v) is 8.32. The first-order valence-electron chi connectivity index (χ1n) is 8.32. The molecule has 2 fully saturated rings. The van der Waals surface area contributed by atoms with Crippen LogP contribution < -0.4 is 10.6 Å². The average molecular weight is 334 g/mol. The van der Waals surface area contributed by atoms with Crippen LogP contribution in [0.1, 0.15) is 42.1 Å². The summed E-state index contributed by atoms with van der Waals surface area (Å²) in [6.45, 7) is 0.374. The molecule has 1 atom stereocenters. The lowest BCUT2D eigenvalue weighted by atomic mass is 10.2. The van der Waals surface area contributed by atoms with Gasteiger partial charge in [-0.15, -0.1) is 0 Å². The molecule has 2 aliphatic rings. The van der Waals surface area contributed by atoms with Crippen LogP contribution in [0.4, 0.5) is 0 Å². The minimum absolute atomic E-state index is 0.156. The Balaban J connectivity index is 1.50. The van der Waals surface area contributed by atoms with E-state index in [1.54, 1.807) is 7.05 Å². The highest BCUT2D eigenvalue weighted by molar-refractivity contribution is 5.95. The minimum Gasteiger partial charge on any atom is -0.448 e. The molecule has 1 unspecified atom stereocenters. The van der Waals surface area contributed by atoms with Gasteiger partial charge in [0.2, 0.25) is 11.8 Å². The van der Waals surface area contributed by atoms with Crippen LogP contribution in [-0.2, 0) is 16.0 Å². The van der Waals surface area contributed by atoms with E-state index in [-0.39, 0.29) is 24.1 Å². The fourth-order valence-electron chi connectivity index (χ4n) is 2.93. The van der Waals surface area contributed by atoms with Gasteiger partial charge in [-0.25, -0.2) is 4.98 Å². The van der Waals surface area contributed by atoms with Gasteiger partial charge in [0.25, 0.3) is 5.91 Å². The highest BCUT2D eigenvalue weighted by Gasteiger charge is 2.33. The van der Waals surface area contributed by atoms with Crippen molar-refractivity contribution in [1.82, 2.24) is 20.5 Å². The number of aromatic nitrogens is 1. The maximum absolute atomic E-state index is 12.3. The number of nitrogens with one attached hydrogen (secondary N) is 2. The molecule has 8 heteroatoms. The van der Waals surface area contributed by atoms with Crippen LogP contribution in [0.25, 0.3) is 0 Å². The van der Waals surface area contributed by atoms with E-state index in [9.17, 15) is 14.4 Å². The van der Waals surface area contributed by atoms with Crippen molar-refractivity contribution < 1.29 is 18.8 Å². The molecule has 2 heterocycles. The summed E-state index contributed by atoms with van der Waals surface area (Å²) in [6, 6.07) is -0.448. The normalized spacial score (nSPS) is 20.0. The third kappa shape index (κ3) is 3.74. The molecular formula is C16H22N4O4. The largest absolute Gasteiger partial charge is 0.448 e. The van der Waals surface area contributed by atoms with Crippen molar-refractivity contribution >= 4 is 17.7 Å². The molecule has 1 aliphatic carbocycles. The van der Waals surface area contributed by atoms with Crippen LogP contribution >= 0.6 is 0 Å². The SMILES string of the molecule is CNC(=O)C1CCCN1C(=O)CNC(=O)c1coc(CC2CC2)n1. The van der Waals surface area contributed by atoms with Gasteiger partial charge >= 0.3 is 0 Å². The topological polar surface area (TPSA) is 105 Å². The molecule has 0 aromatic carbocycles. The predicted molar refractivity (Wildman–Crippen MR) is 84.1 cm³/mol. The lowest BCUT2D eigenvalue weighted by Crippen LogP contribution is -2.48. The maximum Gasteiger partial charge on any atom is 0.273 e. The summed E-state index contributed by atoms with van der Waals surface area (Å²) in [6.07, 6.45) is 5.87. The fourth-order valence-corrected chi connectivity index (χ4v) is 2.93. The average Bonchev–Trinajstić information content (AvgIpc) is 3.07. The van der Waals surface area contributed by atoms with Crippen molar-refractivity contribution in [3.63, 3.8) is 0 Å². The number of nitrogens with zero attached hydrogens (tertiary/aromatic N) is 2. The van der Waals surface area contributed by atoms with Gasteiger partial charge in [0.1, 0.15) is 12.3 Å². The van der Waals surface area contributed by atoms with Gasteiger partial charge in [-0.2, -0.15) is 0 Å². The highest BCUT2D eigenvalue weighted by Crippen LogP contribution is 2.32. The second kappa shape index (κ2) is 7.02. The van der Waals surface area contributed by atoms with Crippen molar-refractivity contribution in [1.29, 1.82) is 0 Å². The van der Waals surface area contributed by atoms with Crippen LogP contribution in [-0.4, -0.2) is 53.8 Å². The third-order valence-electron chi connectivity index (χ3n) is 4.47. The molecule has 1 saturated heterocycles. The molecular weight excluding hydrogens is 312 g/mol. The van der Waals surface area contributed by atoms with E-state index in [1.807, 2.05) is 0 Å². The van der Waals surface area contributed by atoms with Gasteiger partial charge in [0, 0.05) is 20.0 Å². The Morgan fingerprint density at radius 2 is 2.12 bits per heavy atom. The number of likely N-dealkylation sites (tertiary alicyclic amines) is 1. The first-order chi connectivity index (χ1) is 11.6. The summed E-state index contributed by atoms with van der Waals surface area (Å²) >= 11 is 0. The second-order valence-electron chi connectivity index (χ2n) is 6.32. The molecule has 0 bridgehead atoms. The Hall–Kier alpha value is -2.38. The van der Waals surface area contributed by atoms with Gasteiger partial charge < -0.3 is 20.0 Å². The lowest BCUT2D eigenvalue weighted by Gasteiger charge is -2.23. The molecule has 3 rings (SSSR count). The lowest BCUT2D eigenvalue weighted by molar-refractivity contribution is -0.137. The van der Waals surface area contributed by atoms with E-state index in [1.165, 1.54) is 24.0 Å². The maximum atomic E-state index is 12.3. The van der Waals surface area contributed by atoms with Crippen molar-refractivity contribution in [3.05, 3.63) is 17.8 Å². The number of amides is 3. The molecule has 1 aliphatic heterocycles. The molecule has 2 N–H and O–H groups in total. The molecule has 1 saturated carbocycles. The van der Waals surface area contributed by atoms with Gasteiger partial charge in [-0.3, -0.25) is 14.4 Å². The van der Waals surface area contributed by atoms with Crippen LogP contribution in [0.2, 0.25) is 0 Å². The van der Waals surface area contributed by atoms with Crippen LogP contribution in [0.3, 0.4) is 0 Å². The van der Waals surface area contributed by atoms with Crippen LogP contribution in [0, 0.1) is 5.92 Å². The smallest absolute Gasteiger partial charge is 0.273 e. The molecule has 1 aromatic heterocycles. The zero-order chi connectivity index (χ0) is 17.1. The van der Waals surface area contributed by atoms with Crippen molar-refractivity contribution in [2.24, 2.45) is 5.92 Å². The van der Waals surface area contributed by atoms with Crippen molar-refractivity contribution in [3.8, 4) is 0 Å². The van der Waals surface area contributed by atoms with E-state index < -0.39 is 11.9 Å². The van der Waals surface area contributed by atoms with E-state index in [2.05, 4.69) is 15.6 Å². The number of oxazole rings is 1. The first kappa shape index (κ1) is 16.5. The number of hydrogen-bond acceptors (Lipinski definition) is 5. The third-order valence-corrected chi connectivity index (χ3v) is 4.47. The molecule has 0 spiro atoms. The number of carbonyl (C=O) groups excluding carboxylic acids is 3. The van der Waals surface area contributed by atoms with Gasteiger partial charge in [-0.1, -0.05) is 0 Å². The summed E-state index contributed by atoms with van der Waals surface area (Å²) in [4.78, 5) is 41.8. The monoisotopic (exact) mass is 334 g/mol. The van der Waals surface area contributed by atoms with Crippen LogP contribution in [0.15, 0.2) is 10.7 Å². The summed E-state index contributed by atoms with van der Waals surface area (Å²) < 4.78 is 5.29. The van der Waals surface area contributed by atoms with E-state index in [4.69, 9.17) is 4.42 Å². The minimum atomic E-state index is -0.448.